The SMILES string of the molecule is Cc1c(Cl)cccc1N1CCC(N)C(C)C1C. The van der Waals surface area contributed by atoms with Gasteiger partial charge in [-0.3, -0.25) is 0 Å². The van der Waals surface area contributed by atoms with Crippen molar-refractivity contribution in [1.82, 2.24) is 0 Å². The average molecular weight is 253 g/mol. The summed E-state index contributed by atoms with van der Waals surface area (Å²) in [6.07, 6.45) is 1.05. The van der Waals surface area contributed by atoms with E-state index in [-0.39, 0.29) is 0 Å². The predicted molar refractivity (Wildman–Crippen MR) is 74.8 cm³/mol. The Labute approximate surface area is 109 Å². The normalized spacial score (nSPS) is 29.5. The van der Waals surface area contributed by atoms with Crippen LogP contribution in [0.15, 0.2) is 18.2 Å². The van der Waals surface area contributed by atoms with Crippen LogP contribution >= 0.6 is 11.6 Å². The van der Waals surface area contributed by atoms with E-state index in [1.165, 1.54) is 11.3 Å². The molecule has 2 nitrogen and oxygen atoms in total. The van der Waals surface area contributed by atoms with E-state index in [4.69, 9.17) is 17.3 Å². The highest BCUT2D eigenvalue weighted by atomic mass is 35.5. The topological polar surface area (TPSA) is 29.3 Å². The summed E-state index contributed by atoms with van der Waals surface area (Å²) in [5.41, 5.74) is 8.55. The maximum Gasteiger partial charge on any atom is 0.0455 e. The number of piperidine rings is 1. The molecular weight excluding hydrogens is 232 g/mol. The quantitative estimate of drug-likeness (QED) is 0.832. The van der Waals surface area contributed by atoms with Crippen LogP contribution < -0.4 is 10.6 Å². The molecule has 3 heteroatoms. The Morgan fingerprint density at radius 1 is 1.35 bits per heavy atom. The summed E-state index contributed by atoms with van der Waals surface area (Å²) in [4.78, 5) is 2.44. The fourth-order valence-corrected chi connectivity index (χ4v) is 2.81. The van der Waals surface area contributed by atoms with Crippen LogP contribution in [0.2, 0.25) is 5.02 Å². The van der Waals surface area contributed by atoms with Gasteiger partial charge in [0.2, 0.25) is 0 Å². The van der Waals surface area contributed by atoms with Crippen molar-refractivity contribution in [3.63, 3.8) is 0 Å². The summed E-state index contributed by atoms with van der Waals surface area (Å²) < 4.78 is 0. The minimum atomic E-state index is 0.320. The highest BCUT2D eigenvalue weighted by molar-refractivity contribution is 6.31. The zero-order valence-corrected chi connectivity index (χ0v) is 11.5. The van der Waals surface area contributed by atoms with Crippen molar-refractivity contribution in [2.75, 3.05) is 11.4 Å². The Balaban J connectivity index is 2.31. The van der Waals surface area contributed by atoms with Gasteiger partial charge in [0.05, 0.1) is 0 Å². The van der Waals surface area contributed by atoms with Crippen molar-refractivity contribution in [2.45, 2.75) is 39.3 Å². The van der Waals surface area contributed by atoms with Gasteiger partial charge in [-0.05, 0) is 43.9 Å². The van der Waals surface area contributed by atoms with Gasteiger partial charge in [-0.2, -0.15) is 0 Å². The Kier molecular flexibility index (Phi) is 3.64. The standard InChI is InChI=1S/C14H21ClN2/c1-9-11(3)17(8-7-13(9)16)14-6-4-5-12(15)10(14)2/h4-6,9,11,13H,7-8,16H2,1-3H3. The Bertz CT molecular complexity index is 405. The first kappa shape index (κ1) is 12.7. The molecule has 17 heavy (non-hydrogen) atoms. The number of rotatable bonds is 1. The van der Waals surface area contributed by atoms with E-state index in [1.807, 2.05) is 12.1 Å². The highest BCUT2D eigenvalue weighted by Crippen LogP contribution is 2.32. The molecule has 0 amide bonds. The van der Waals surface area contributed by atoms with Gasteiger partial charge < -0.3 is 10.6 Å². The fraction of sp³-hybridized carbons (Fsp3) is 0.571. The molecule has 1 saturated heterocycles. The van der Waals surface area contributed by atoms with E-state index in [0.717, 1.165) is 18.0 Å². The van der Waals surface area contributed by atoms with Crippen LogP contribution in [0.1, 0.15) is 25.8 Å². The van der Waals surface area contributed by atoms with Gasteiger partial charge in [0.1, 0.15) is 0 Å². The summed E-state index contributed by atoms with van der Waals surface area (Å²) in [5.74, 6) is 0.516. The smallest absolute Gasteiger partial charge is 0.0455 e. The number of anilines is 1. The lowest BCUT2D eigenvalue weighted by atomic mass is 9.87. The fourth-order valence-electron chi connectivity index (χ4n) is 2.64. The molecule has 1 aromatic rings. The molecule has 0 bridgehead atoms. The molecule has 2 N–H and O–H groups in total. The number of hydrogen-bond acceptors (Lipinski definition) is 2. The van der Waals surface area contributed by atoms with Crippen LogP contribution in [0, 0.1) is 12.8 Å². The van der Waals surface area contributed by atoms with Gasteiger partial charge in [-0.1, -0.05) is 24.6 Å². The average Bonchev–Trinajstić information content (AvgIpc) is 2.31. The highest BCUT2D eigenvalue weighted by Gasteiger charge is 2.31. The first-order chi connectivity index (χ1) is 8.02. The Morgan fingerprint density at radius 2 is 2.06 bits per heavy atom. The van der Waals surface area contributed by atoms with Crippen molar-refractivity contribution in [2.24, 2.45) is 11.7 Å². The number of hydrogen-bond donors (Lipinski definition) is 1. The van der Waals surface area contributed by atoms with Crippen LogP contribution in [0.4, 0.5) is 5.69 Å². The molecule has 1 heterocycles. The maximum absolute atomic E-state index is 6.19. The molecule has 1 fully saturated rings. The third-order valence-corrected chi connectivity index (χ3v) is 4.59. The van der Waals surface area contributed by atoms with E-state index in [0.29, 0.717) is 18.0 Å². The summed E-state index contributed by atoms with van der Waals surface area (Å²) in [6.45, 7) is 7.60. The summed E-state index contributed by atoms with van der Waals surface area (Å²) in [6, 6.07) is 6.92. The Morgan fingerprint density at radius 3 is 2.76 bits per heavy atom. The Hall–Kier alpha value is -0.730. The molecule has 0 aliphatic carbocycles. The van der Waals surface area contributed by atoms with Gasteiger partial charge in [0.25, 0.3) is 0 Å². The second kappa shape index (κ2) is 4.87. The number of nitrogens with two attached hydrogens (primary N) is 1. The molecule has 0 aromatic heterocycles. The molecule has 0 spiro atoms. The van der Waals surface area contributed by atoms with Crippen molar-refractivity contribution in [3.05, 3.63) is 28.8 Å². The lowest BCUT2D eigenvalue weighted by molar-refractivity contribution is 0.315. The molecule has 0 radical (unpaired) electrons. The van der Waals surface area contributed by atoms with Crippen molar-refractivity contribution in [3.8, 4) is 0 Å². The second-order valence-electron chi connectivity index (χ2n) is 5.13. The largest absolute Gasteiger partial charge is 0.368 e. The van der Waals surface area contributed by atoms with Crippen LogP contribution in [-0.2, 0) is 0 Å². The lowest BCUT2D eigenvalue weighted by Crippen LogP contribution is -2.52. The summed E-state index contributed by atoms with van der Waals surface area (Å²) in [7, 11) is 0. The maximum atomic E-state index is 6.19. The second-order valence-corrected chi connectivity index (χ2v) is 5.54. The molecule has 3 unspecified atom stereocenters. The van der Waals surface area contributed by atoms with E-state index in [2.05, 4.69) is 31.7 Å². The molecule has 1 aliphatic rings. The van der Waals surface area contributed by atoms with Gasteiger partial charge >= 0.3 is 0 Å². The zero-order chi connectivity index (χ0) is 12.6. The summed E-state index contributed by atoms with van der Waals surface area (Å²) in [5, 5.41) is 0.845. The minimum absolute atomic E-state index is 0.320. The van der Waals surface area contributed by atoms with E-state index >= 15 is 0 Å². The molecule has 1 aromatic carbocycles. The minimum Gasteiger partial charge on any atom is -0.368 e. The van der Waals surface area contributed by atoms with Crippen molar-refractivity contribution >= 4 is 17.3 Å². The molecule has 0 saturated carbocycles. The lowest BCUT2D eigenvalue weighted by Gasteiger charge is -2.43. The van der Waals surface area contributed by atoms with Crippen LogP contribution in [0.5, 0.6) is 0 Å². The van der Waals surface area contributed by atoms with Crippen LogP contribution in [0.25, 0.3) is 0 Å². The number of halogens is 1. The monoisotopic (exact) mass is 252 g/mol. The third kappa shape index (κ3) is 2.29. The van der Waals surface area contributed by atoms with Crippen molar-refractivity contribution in [1.29, 1.82) is 0 Å². The van der Waals surface area contributed by atoms with E-state index in [1.54, 1.807) is 0 Å². The van der Waals surface area contributed by atoms with Crippen molar-refractivity contribution < 1.29 is 0 Å². The number of nitrogens with zero attached hydrogens (tertiary/aromatic N) is 1. The molecule has 3 atom stereocenters. The summed E-state index contributed by atoms with van der Waals surface area (Å²) >= 11 is 6.19. The first-order valence-electron chi connectivity index (χ1n) is 6.29. The van der Waals surface area contributed by atoms with Gasteiger partial charge in [0.15, 0.2) is 0 Å². The predicted octanol–water partition coefficient (Wildman–Crippen LogP) is 3.21. The van der Waals surface area contributed by atoms with Crippen LogP contribution in [-0.4, -0.2) is 18.6 Å². The van der Waals surface area contributed by atoms with E-state index in [9.17, 15) is 0 Å². The van der Waals surface area contributed by atoms with Gasteiger partial charge in [0, 0.05) is 29.3 Å². The van der Waals surface area contributed by atoms with E-state index < -0.39 is 0 Å². The molecule has 94 valence electrons. The zero-order valence-electron chi connectivity index (χ0n) is 10.8. The van der Waals surface area contributed by atoms with Crippen LogP contribution in [0.3, 0.4) is 0 Å². The number of benzene rings is 1. The third-order valence-electron chi connectivity index (χ3n) is 4.18. The van der Waals surface area contributed by atoms with Gasteiger partial charge in [-0.25, -0.2) is 0 Å². The molecule has 2 rings (SSSR count). The molecule has 1 aliphatic heterocycles. The first-order valence-corrected chi connectivity index (χ1v) is 6.67. The molecular formula is C14H21ClN2. The van der Waals surface area contributed by atoms with Gasteiger partial charge in [-0.15, -0.1) is 0 Å².